The summed E-state index contributed by atoms with van der Waals surface area (Å²) >= 11 is 0. The highest BCUT2D eigenvalue weighted by Gasteiger charge is 2.24. The van der Waals surface area contributed by atoms with Gasteiger partial charge in [-0.1, -0.05) is 30.0 Å². The third-order valence-electron chi connectivity index (χ3n) is 3.57. The molecule has 0 spiro atoms. The lowest BCUT2D eigenvalue weighted by atomic mass is 10.0. The summed E-state index contributed by atoms with van der Waals surface area (Å²) in [6.07, 6.45) is 3.38. The van der Waals surface area contributed by atoms with E-state index in [-0.39, 0.29) is 11.8 Å². The molecule has 21 heavy (non-hydrogen) atoms. The molecule has 1 aliphatic heterocycles. The minimum atomic E-state index is 0.0683. The molecular formula is C18H16N2O. The quantitative estimate of drug-likeness (QED) is 0.854. The molecule has 1 atom stereocenters. The summed E-state index contributed by atoms with van der Waals surface area (Å²) < 4.78 is 0. The van der Waals surface area contributed by atoms with Gasteiger partial charge in [-0.05, 0) is 30.7 Å². The number of hydrogen-bond donors (Lipinski definition) is 1. The predicted molar refractivity (Wildman–Crippen MR) is 81.5 cm³/mol. The largest absolute Gasteiger partial charge is 0.356 e. The van der Waals surface area contributed by atoms with Crippen LogP contribution in [0.2, 0.25) is 0 Å². The second-order valence-corrected chi connectivity index (χ2v) is 5.13. The predicted octanol–water partition coefficient (Wildman–Crippen LogP) is 2.16. The van der Waals surface area contributed by atoms with Crippen molar-refractivity contribution in [2.75, 3.05) is 6.54 Å². The Morgan fingerprint density at radius 1 is 1.10 bits per heavy atom. The van der Waals surface area contributed by atoms with E-state index in [0.29, 0.717) is 6.42 Å². The van der Waals surface area contributed by atoms with Gasteiger partial charge in [-0.25, -0.2) is 0 Å². The van der Waals surface area contributed by atoms with Crippen molar-refractivity contribution in [3.63, 3.8) is 0 Å². The van der Waals surface area contributed by atoms with Crippen LogP contribution in [-0.2, 0) is 11.2 Å². The fraction of sp³-hybridized carbons (Fsp3) is 0.222. The molecule has 0 aliphatic carbocycles. The first-order valence-corrected chi connectivity index (χ1v) is 7.11. The molecule has 1 aromatic heterocycles. The van der Waals surface area contributed by atoms with Crippen molar-refractivity contribution >= 4 is 5.91 Å². The van der Waals surface area contributed by atoms with Crippen molar-refractivity contribution in [1.82, 2.24) is 10.3 Å². The summed E-state index contributed by atoms with van der Waals surface area (Å²) in [7, 11) is 0. The van der Waals surface area contributed by atoms with Crippen molar-refractivity contribution < 1.29 is 4.79 Å². The maximum atomic E-state index is 11.5. The minimum absolute atomic E-state index is 0.0683. The maximum absolute atomic E-state index is 11.5. The highest BCUT2D eigenvalue weighted by atomic mass is 16.2. The van der Waals surface area contributed by atoms with E-state index in [0.717, 1.165) is 29.8 Å². The van der Waals surface area contributed by atoms with Crippen LogP contribution in [0.25, 0.3) is 0 Å². The van der Waals surface area contributed by atoms with E-state index in [2.05, 4.69) is 22.1 Å². The molecule has 0 saturated carbocycles. The first-order valence-electron chi connectivity index (χ1n) is 7.11. The highest BCUT2D eigenvalue weighted by Crippen LogP contribution is 2.15. The number of amides is 1. The topological polar surface area (TPSA) is 42.0 Å². The second-order valence-electron chi connectivity index (χ2n) is 5.13. The molecule has 2 heterocycles. The summed E-state index contributed by atoms with van der Waals surface area (Å²) in [5.41, 5.74) is 2.82. The van der Waals surface area contributed by atoms with Gasteiger partial charge in [0.25, 0.3) is 0 Å². The van der Waals surface area contributed by atoms with Crippen molar-refractivity contribution in [3.05, 3.63) is 65.5 Å². The Bertz CT molecular complexity index is 681. The SMILES string of the molecule is O=C1NCCC1Cc1ccc(C#Cc2ccccc2)cn1. The zero-order valence-electron chi connectivity index (χ0n) is 11.7. The van der Waals surface area contributed by atoms with Gasteiger partial charge in [0, 0.05) is 41.9 Å². The van der Waals surface area contributed by atoms with Gasteiger partial charge in [0.2, 0.25) is 5.91 Å². The second kappa shape index (κ2) is 6.23. The number of rotatable bonds is 2. The van der Waals surface area contributed by atoms with Gasteiger partial charge in [-0.3, -0.25) is 9.78 Å². The number of carbonyl (C=O) groups is 1. The van der Waals surface area contributed by atoms with Crippen LogP contribution in [0.4, 0.5) is 0 Å². The molecule has 3 nitrogen and oxygen atoms in total. The molecule has 1 unspecified atom stereocenters. The summed E-state index contributed by atoms with van der Waals surface area (Å²) in [6, 6.07) is 13.8. The van der Waals surface area contributed by atoms with Gasteiger partial charge >= 0.3 is 0 Å². The fourth-order valence-electron chi connectivity index (χ4n) is 2.38. The summed E-state index contributed by atoms with van der Waals surface area (Å²) in [6.45, 7) is 0.782. The van der Waals surface area contributed by atoms with Crippen LogP contribution in [0.5, 0.6) is 0 Å². The Morgan fingerprint density at radius 2 is 1.90 bits per heavy atom. The van der Waals surface area contributed by atoms with E-state index in [1.807, 2.05) is 42.5 Å². The van der Waals surface area contributed by atoms with Gasteiger partial charge in [-0.2, -0.15) is 0 Å². The fourth-order valence-corrected chi connectivity index (χ4v) is 2.38. The third-order valence-corrected chi connectivity index (χ3v) is 3.57. The van der Waals surface area contributed by atoms with Gasteiger partial charge in [0.05, 0.1) is 0 Å². The first kappa shape index (κ1) is 13.4. The summed E-state index contributed by atoms with van der Waals surface area (Å²) in [4.78, 5) is 16.0. The minimum Gasteiger partial charge on any atom is -0.356 e. The summed E-state index contributed by atoms with van der Waals surface area (Å²) in [5.74, 6) is 6.42. The molecule has 0 radical (unpaired) electrons. The number of pyridine rings is 1. The molecule has 2 aromatic rings. The Kier molecular flexibility index (Phi) is 3.97. The number of nitrogens with one attached hydrogen (secondary N) is 1. The monoisotopic (exact) mass is 276 g/mol. The van der Waals surface area contributed by atoms with Crippen LogP contribution in [0.3, 0.4) is 0 Å². The molecule has 3 rings (SSSR count). The normalized spacial score (nSPS) is 17.0. The van der Waals surface area contributed by atoms with E-state index in [1.165, 1.54) is 0 Å². The molecule has 1 saturated heterocycles. The molecule has 1 N–H and O–H groups in total. The van der Waals surface area contributed by atoms with E-state index in [9.17, 15) is 4.79 Å². The molecule has 3 heteroatoms. The van der Waals surface area contributed by atoms with Gasteiger partial charge in [0.15, 0.2) is 0 Å². The number of carbonyl (C=O) groups excluding carboxylic acids is 1. The molecule has 1 aliphatic rings. The van der Waals surface area contributed by atoms with Gasteiger partial charge in [-0.15, -0.1) is 0 Å². The molecule has 1 fully saturated rings. The van der Waals surface area contributed by atoms with E-state index >= 15 is 0 Å². The average Bonchev–Trinajstić information content (AvgIpc) is 2.93. The van der Waals surface area contributed by atoms with Gasteiger partial charge in [0.1, 0.15) is 0 Å². The van der Waals surface area contributed by atoms with Crippen LogP contribution >= 0.6 is 0 Å². The third kappa shape index (κ3) is 3.49. The zero-order valence-corrected chi connectivity index (χ0v) is 11.7. The number of benzene rings is 1. The summed E-state index contributed by atoms with van der Waals surface area (Å²) in [5, 5.41) is 2.85. The number of aromatic nitrogens is 1. The van der Waals surface area contributed by atoms with Crippen LogP contribution in [0.15, 0.2) is 48.7 Å². The van der Waals surface area contributed by atoms with Crippen molar-refractivity contribution in [2.24, 2.45) is 5.92 Å². The van der Waals surface area contributed by atoms with Crippen molar-refractivity contribution in [2.45, 2.75) is 12.8 Å². The Hall–Kier alpha value is -2.60. The number of hydrogen-bond acceptors (Lipinski definition) is 2. The maximum Gasteiger partial charge on any atom is 0.223 e. The first-order chi connectivity index (χ1) is 10.3. The number of nitrogens with zero attached hydrogens (tertiary/aromatic N) is 1. The molecular weight excluding hydrogens is 260 g/mol. The van der Waals surface area contributed by atoms with Crippen LogP contribution in [0.1, 0.15) is 23.2 Å². The molecule has 0 bridgehead atoms. The van der Waals surface area contributed by atoms with Crippen molar-refractivity contribution in [1.29, 1.82) is 0 Å². The molecule has 1 aromatic carbocycles. The molecule has 1 amide bonds. The van der Waals surface area contributed by atoms with Crippen LogP contribution < -0.4 is 5.32 Å². The lowest BCUT2D eigenvalue weighted by Crippen LogP contribution is -2.20. The van der Waals surface area contributed by atoms with E-state index in [1.54, 1.807) is 6.20 Å². The smallest absolute Gasteiger partial charge is 0.223 e. The molecule has 104 valence electrons. The van der Waals surface area contributed by atoms with E-state index in [4.69, 9.17) is 0 Å². The standard InChI is InChI=1S/C18H16N2O/c21-18-16(10-11-19-18)12-17-9-8-15(13-20-17)7-6-14-4-2-1-3-5-14/h1-5,8-9,13,16H,10-12H2,(H,19,21). The Balaban J connectivity index is 1.67. The lowest BCUT2D eigenvalue weighted by molar-refractivity contribution is -0.122. The average molecular weight is 276 g/mol. The zero-order chi connectivity index (χ0) is 14.5. The van der Waals surface area contributed by atoms with Crippen LogP contribution in [0, 0.1) is 17.8 Å². The van der Waals surface area contributed by atoms with Crippen LogP contribution in [-0.4, -0.2) is 17.4 Å². The van der Waals surface area contributed by atoms with Crippen molar-refractivity contribution in [3.8, 4) is 11.8 Å². The Labute approximate surface area is 124 Å². The lowest BCUT2D eigenvalue weighted by Gasteiger charge is -2.05. The highest BCUT2D eigenvalue weighted by molar-refractivity contribution is 5.80. The van der Waals surface area contributed by atoms with E-state index < -0.39 is 0 Å². The van der Waals surface area contributed by atoms with Gasteiger partial charge < -0.3 is 5.32 Å². The Morgan fingerprint density at radius 3 is 2.57 bits per heavy atom.